The van der Waals surface area contributed by atoms with E-state index in [1.807, 2.05) is 0 Å². The molecule has 0 aliphatic heterocycles. The average molecular weight is 283 g/mol. The summed E-state index contributed by atoms with van der Waals surface area (Å²) in [6, 6.07) is 6.47. The number of para-hydroxylation sites is 1. The van der Waals surface area contributed by atoms with Crippen molar-refractivity contribution in [3.8, 4) is 0 Å². The number of pyridine rings is 1. The molecule has 0 spiro atoms. The van der Waals surface area contributed by atoms with Gasteiger partial charge in [-0.2, -0.15) is 13.2 Å². The number of carbonyl (C=O) groups excluding carboxylic acids is 1. The highest BCUT2D eigenvalue weighted by atomic mass is 19.4. The largest absolute Gasteiger partial charge is 0.455 e. The van der Waals surface area contributed by atoms with Crippen molar-refractivity contribution in [3.63, 3.8) is 0 Å². The maximum absolute atomic E-state index is 12.7. The minimum Gasteiger partial charge on any atom is -0.397 e. The Hall–Kier alpha value is -2.31. The topological polar surface area (TPSA) is 59.2 Å². The Labute approximate surface area is 113 Å². The van der Waals surface area contributed by atoms with Crippen LogP contribution in [-0.2, 0) is 0 Å². The molecule has 1 aromatic carbocycles. The van der Waals surface area contributed by atoms with E-state index in [0.29, 0.717) is 10.9 Å². The van der Waals surface area contributed by atoms with Crippen LogP contribution in [0.4, 0.5) is 24.7 Å². The third-order valence-corrected chi connectivity index (χ3v) is 2.82. The molecule has 0 saturated heterocycles. The number of benzene rings is 1. The normalized spacial score (nSPS) is 11.7. The maximum Gasteiger partial charge on any atom is 0.455 e. The van der Waals surface area contributed by atoms with Gasteiger partial charge in [-0.25, -0.2) is 4.98 Å². The van der Waals surface area contributed by atoms with Crippen molar-refractivity contribution in [1.29, 1.82) is 0 Å². The molecule has 1 heterocycles. The molecule has 0 amide bonds. The molecule has 106 valence electrons. The van der Waals surface area contributed by atoms with Gasteiger partial charge in [-0.1, -0.05) is 18.2 Å². The van der Waals surface area contributed by atoms with Crippen LogP contribution in [0, 0.1) is 0 Å². The molecule has 7 heteroatoms. The number of Topliss-reactive ketones (excluding diaryl/α,β-unsaturated/α-hetero) is 1. The average Bonchev–Trinajstić information content (AvgIpc) is 2.36. The van der Waals surface area contributed by atoms with Gasteiger partial charge in [0.2, 0.25) is 0 Å². The van der Waals surface area contributed by atoms with E-state index in [4.69, 9.17) is 5.73 Å². The van der Waals surface area contributed by atoms with Gasteiger partial charge in [0, 0.05) is 19.5 Å². The summed E-state index contributed by atoms with van der Waals surface area (Å²) in [4.78, 5) is 17.0. The van der Waals surface area contributed by atoms with Crippen LogP contribution in [0.15, 0.2) is 24.3 Å². The number of fused-ring (bicyclic) bond motifs is 1. The Kier molecular flexibility index (Phi) is 3.29. The van der Waals surface area contributed by atoms with Crippen LogP contribution in [0.3, 0.4) is 0 Å². The van der Waals surface area contributed by atoms with Crippen LogP contribution in [0.25, 0.3) is 10.9 Å². The summed E-state index contributed by atoms with van der Waals surface area (Å²) in [5.41, 5.74) is 5.39. The Morgan fingerprint density at radius 2 is 1.85 bits per heavy atom. The Morgan fingerprint density at radius 3 is 2.40 bits per heavy atom. The summed E-state index contributed by atoms with van der Waals surface area (Å²) >= 11 is 0. The van der Waals surface area contributed by atoms with Crippen LogP contribution in [0.5, 0.6) is 0 Å². The van der Waals surface area contributed by atoms with Crippen LogP contribution < -0.4 is 10.6 Å². The fourth-order valence-corrected chi connectivity index (χ4v) is 1.91. The molecule has 20 heavy (non-hydrogen) atoms. The number of hydrogen-bond donors (Lipinski definition) is 1. The van der Waals surface area contributed by atoms with Crippen LogP contribution >= 0.6 is 0 Å². The predicted molar refractivity (Wildman–Crippen MR) is 70.9 cm³/mol. The molecule has 0 aliphatic rings. The van der Waals surface area contributed by atoms with Crippen molar-refractivity contribution in [2.45, 2.75) is 6.18 Å². The second-order valence-electron chi connectivity index (χ2n) is 4.46. The second kappa shape index (κ2) is 4.66. The van der Waals surface area contributed by atoms with Crippen molar-refractivity contribution >= 4 is 28.2 Å². The zero-order valence-electron chi connectivity index (χ0n) is 10.8. The standard InChI is InChI=1S/C13H12F3N3O/c1-19(2)12-9(11(20)13(14,15)16)10(17)7-5-3-4-6-8(7)18-12/h3-6H,1-2H3,(H2,17,18). The Balaban J connectivity index is 2.83. The predicted octanol–water partition coefficient (Wildman–Crippen LogP) is 2.63. The maximum atomic E-state index is 12.7. The quantitative estimate of drug-likeness (QED) is 0.861. The minimum absolute atomic E-state index is 0.0940. The van der Waals surface area contributed by atoms with Gasteiger partial charge in [-0.05, 0) is 6.07 Å². The number of nitrogen functional groups attached to an aromatic ring is 1. The highest BCUT2D eigenvalue weighted by molar-refractivity contribution is 6.13. The van der Waals surface area contributed by atoms with E-state index >= 15 is 0 Å². The fourth-order valence-electron chi connectivity index (χ4n) is 1.91. The zero-order valence-corrected chi connectivity index (χ0v) is 10.8. The molecule has 0 radical (unpaired) electrons. The first kappa shape index (κ1) is 14.1. The summed E-state index contributed by atoms with van der Waals surface area (Å²) < 4.78 is 38.1. The lowest BCUT2D eigenvalue weighted by atomic mass is 10.0. The monoisotopic (exact) mass is 283 g/mol. The summed E-state index contributed by atoms with van der Waals surface area (Å²) in [6.07, 6.45) is -5.00. The highest BCUT2D eigenvalue weighted by Crippen LogP contribution is 2.34. The number of nitrogens with two attached hydrogens (primary N) is 1. The summed E-state index contributed by atoms with van der Waals surface area (Å²) in [5, 5.41) is 0.325. The number of rotatable bonds is 2. The number of alkyl halides is 3. The number of halogens is 3. The SMILES string of the molecule is CN(C)c1nc2ccccc2c(N)c1C(=O)C(F)(F)F. The molecule has 0 fully saturated rings. The minimum atomic E-state index is -5.00. The van der Waals surface area contributed by atoms with Gasteiger partial charge in [0.05, 0.1) is 16.8 Å². The molecule has 2 N–H and O–H groups in total. The molecule has 2 aromatic rings. The van der Waals surface area contributed by atoms with E-state index in [1.54, 1.807) is 18.2 Å². The van der Waals surface area contributed by atoms with Gasteiger partial charge in [0.1, 0.15) is 5.82 Å². The molecule has 0 bridgehead atoms. The van der Waals surface area contributed by atoms with Gasteiger partial charge >= 0.3 is 6.18 Å². The van der Waals surface area contributed by atoms with Crippen molar-refractivity contribution in [1.82, 2.24) is 4.98 Å². The number of anilines is 2. The van der Waals surface area contributed by atoms with Crippen LogP contribution in [0.2, 0.25) is 0 Å². The number of ketones is 1. The van der Waals surface area contributed by atoms with Gasteiger partial charge < -0.3 is 10.6 Å². The van der Waals surface area contributed by atoms with E-state index in [-0.39, 0.29) is 11.5 Å². The van der Waals surface area contributed by atoms with Crippen LogP contribution in [0.1, 0.15) is 10.4 Å². The van der Waals surface area contributed by atoms with E-state index in [2.05, 4.69) is 4.98 Å². The number of hydrogen-bond acceptors (Lipinski definition) is 4. The molecule has 0 atom stereocenters. The van der Waals surface area contributed by atoms with Gasteiger partial charge in [-0.15, -0.1) is 0 Å². The molecular weight excluding hydrogens is 271 g/mol. The van der Waals surface area contributed by atoms with Crippen molar-refractivity contribution in [2.24, 2.45) is 0 Å². The first-order chi connectivity index (χ1) is 9.23. The van der Waals surface area contributed by atoms with E-state index in [1.165, 1.54) is 25.1 Å². The van der Waals surface area contributed by atoms with E-state index in [0.717, 1.165) is 0 Å². The smallest absolute Gasteiger partial charge is 0.397 e. The van der Waals surface area contributed by atoms with Crippen LogP contribution in [-0.4, -0.2) is 31.0 Å². The first-order valence-corrected chi connectivity index (χ1v) is 5.70. The molecule has 1 aromatic heterocycles. The Morgan fingerprint density at radius 1 is 1.25 bits per heavy atom. The van der Waals surface area contributed by atoms with E-state index in [9.17, 15) is 18.0 Å². The van der Waals surface area contributed by atoms with Crippen molar-refractivity contribution < 1.29 is 18.0 Å². The first-order valence-electron chi connectivity index (χ1n) is 5.70. The molecule has 0 aliphatic carbocycles. The van der Waals surface area contributed by atoms with Crippen molar-refractivity contribution in [3.05, 3.63) is 29.8 Å². The molecule has 2 rings (SSSR count). The number of nitrogens with zero attached hydrogens (tertiary/aromatic N) is 2. The Bertz CT molecular complexity index is 680. The highest BCUT2D eigenvalue weighted by Gasteiger charge is 2.42. The zero-order chi connectivity index (χ0) is 15.1. The summed E-state index contributed by atoms with van der Waals surface area (Å²) in [6.45, 7) is 0. The third-order valence-electron chi connectivity index (χ3n) is 2.82. The second-order valence-corrected chi connectivity index (χ2v) is 4.46. The summed E-state index contributed by atoms with van der Waals surface area (Å²) in [7, 11) is 3.01. The fraction of sp³-hybridized carbons (Fsp3) is 0.231. The number of aromatic nitrogens is 1. The van der Waals surface area contributed by atoms with Gasteiger partial charge in [0.25, 0.3) is 5.78 Å². The van der Waals surface area contributed by atoms with Crippen molar-refractivity contribution in [2.75, 3.05) is 24.7 Å². The van der Waals surface area contributed by atoms with Gasteiger partial charge in [0.15, 0.2) is 0 Å². The number of carbonyl (C=O) groups is 1. The lowest BCUT2D eigenvalue weighted by molar-refractivity contribution is -0.0884. The lowest BCUT2D eigenvalue weighted by Gasteiger charge is -2.19. The molecular formula is C13H12F3N3O. The molecule has 4 nitrogen and oxygen atoms in total. The third kappa shape index (κ3) is 2.26. The summed E-state index contributed by atoms with van der Waals surface area (Å²) in [5.74, 6) is -2.08. The molecule has 0 saturated carbocycles. The van der Waals surface area contributed by atoms with E-state index < -0.39 is 17.5 Å². The molecule has 0 unspecified atom stereocenters. The lowest BCUT2D eigenvalue weighted by Crippen LogP contribution is -2.27. The van der Waals surface area contributed by atoms with Gasteiger partial charge in [-0.3, -0.25) is 4.79 Å².